The molecule has 0 atom stereocenters. The van der Waals surface area contributed by atoms with Crippen molar-refractivity contribution in [1.82, 2.24) is 9.97 Å². The average Bonchev–Trinajstić information content (AvgIpc) is 2.83. The van der Waals surface area contributed by atoms with Crippen LogP contribution in [0.25, 0.3) is 11.3 Å². The maximum atomic E-state index is 4.47. The van der Waals surface area contributed by atoms with Gasteiger partial charge in [-0.15, -0.1) is 0 Å². The Balaban J connectivity index is 2.08. The Hall–Kier alpha value is -1.42. The van der Waals surface area contributed by atoms with E-state index in [2.05, 4.69) is 39.0 Å². The van der Waals surface area contributed by atoms with Gasteiger partial charge in [-0.05, 0) is 23.9 Å². The van der Waals surface area contributed by atoms with Crippen molar-refractivity contribution in [3.63, 3.8) is 0 Å². The molecule has 84 valence electrons. The molecule has 0 spiro atoms. The monoisotopic (exact) mass is 233 g/mol. The maximum absolute atomic E-state index is 4.47. The summed E-state index contributed by atoms with van der Waals surface area (Å²) in [5.74, 6) is 0.720. The van der Waals surface area contributed by atoms with Crippen molar-refractivity contribution in [3.8, 4) is 11.3 Å². The van der Waals surface area contributed by atoms with E-state index in [0.717, 1.165) is 30.2 Å². The van der Waals surface area contributed by atoms with E-state index in [0.29, 0.717) is 0 Å². The fourth-order valence-corrected chi connectivity index (χ4v) is 2.04. The zero-order valence-corrected chi connectivity index (χ0v) is 10.1. The first kappa shape index (κ1) is 11.1. The standard InChI is InChI=1S/C12H15N3S/c1-2-3-6-13-12-14-7-4-11(15-12)10-5-8-16-9-10/h4-5,7-9H,2-3,6H2,1H3,(H,13,14,15). The maximum Gasteiger partial charge on any atom is 0.223 e. The number of unbranched alkanes of at least 4 members (excludes halogenated alkanes) is 1. The predicted molar refractivity (Wildman–Crippen MR) is 68.7 cm³/mol. The van der Waals surface area contributed by atoms with Gasteiger partial charge in [-0.3, -0.25) is 0 Å². The lowest BCUT2D eigenvalue weighted by atomic mass is 10.2. The van der Waals surface area contributed by atoms with E-state index in [4.69, 9.17) is 0 Å². The average molecular weight is 233 g/mol. The van der Waals surface area contributed by atoms with Crippen molar-refractivity contribution in [2.75, 3.05) is 11.9 Å². The predicted octanol–water partition coefficient (Wildman–Crippen LogP) is 3.42. The summed E-state index contributed by atoms with van der Waals surface area (Å²) in [7, 11) is 0. The fraction of sp³-hybridized carbons (Fsp3) is 0.333. The van der Waals surface area contributed by atoms with Crippen LogP contribution in [0.15, 0.2) is 29.1 Å². The number of thiophene rings is 1. The summed E-state index contributed by atoms with van der Waals surface area (Å²) < 4.78 is 0. The smallest absolute Gasteiger partial charge is 0.223 e. The van der Waals surface area contributed by atoms with Crippen LogP contribution in [0.4, 0.5) is 5.95 Å². The lowest BCUT2D eigenvalue weighted by molar-refractivity contribution is 0.826. The van der Waals surface area contributed by atoms with Crippen LogP contribution < -0.4 is 5.32 Å². The molecule has 2 aromatic heterocycles. The van der Waals surface area contributed by atoms with Crippen LogP contribution in [-0.4, -0.2) is 16.5 Å². The number of anilines is 1. The van der Waals surface area contributed by atoms with E-state index in [1.165, 1.54) is 6.42 Å². The fourth-order valence-electron chi connectivity index (χ4n) is 1.39. The third-order valence-corrected chi connectivity index (χ3v) is 2.97. The zero-order chi connectivity index (χ0) is 11.2. The molecule has 0 aromatic carbocycles. The first-order valence-electron chi connectivity index (χ1n) is 5.49. The third-order valence-electron chi connectivity index (χ3n) is 2.29. The number of nitrogens with one attached hydrogen (secondary N) is 1. The highest BCUT2D eigenvalue weighted by Crippen LogP contribution is 2.20. The second kappa shape index (κ2) is 5.61. The topological polar surface area (TPSA) is 37.8 Å². The molecule has 2 heterocycles. The van der Waals surface area contributed by atoms with E-state index in [1.54, 1.807) is 17.5 Å². The van der Waals surface area contributed by atoms with Crippen molar-refractivity contribution >= 4 is 17.3 Å². The molecule has 0 unspecified atom stereocenters. The minimum atomic E-state index is 0.720. The van der Waals surface area contributed by atoms with Crippen molar-refractivity contribution < 1.29 is 0 Å². The summed E-state index contributed by atoms with van der Waals surface area (Å²) >= 11 is 1.68. The molecule has 0 amide bonds. The second-order valence-electron chi connectivity index (χ2n) is 3.56. The molecule has 0 bridgehead atoms. The highest BCUT2D eigenvalue weighted by atomic mass is 32.1. The molecule has 3 nitrogen and oxygen atoms in total. The molecular formula is C12H15N3S. The van der Waals surface area contributed by atoms with Gasteiger partial charge in [0.05, 0.1) is 5.69 Å². The minimum absolute atomic E-state index is 0.720. The summed E-state index contributed by atoms with van der Waals surface area (Å²) in [6.45, 7) is 3.11. The Morgan fingerprint density at radius 2 is 2.31 bits per heavy atom. The van der Waals surface area contributed by atoms with Crippen LogP contribution in [0.2, 0.25) is 0 Å². The summed E-state index contributed by atoms with van der Waals surface area (Å²) in [5, 5.41) is 7.38. The van der Waals surface area contributed by atoms with Crippen molar-refractivity contribution in [1.29, 1.82) is 0 Å². The van der Waals surface area contributed by atoms with E-state index in [-0.39, 0.29) is 0 Å². The molecule has 2 rings (SSSR count). The highest BCUT2D eigenvalue weighted by Gasteiger charge is 2.01. The first-order chi connectivity index (χ1) is 7.90. The van der Waals surface area contributed by atoms with Gasteiger partial charge in [-0.25, -0.2) is 9.97 Å². The molecule has 1 N–H and O–H groups in total. The Morgan fingerprint density at radius 3 is 3.06 bits per heavy atom. The largest absolute Gasteiger partial charge is 0.354 e. The van der Waals surface area contributed by atoms with Gasteiger partial charge >= 0.3 is 0 Å². The van der Waals surface area contributed by atoms with Crippen molar-refractivity contribution in [3.05, 3.63) is 29.1 Å². The van der Waals surface area contributed by atoms with Crippen LogP contribution in [0.5, 0.6) is 0 Å². The molecule has 0 saturated heterocycles. The van der Waals surface area contributed by atoms with E-state index >= 15 is 0 Å². The SMILES string of the molecule is CCCCNc1nccc(-c2ccsc2)n1. The number of rotatable bonds is 5. The molecule has 0 fully saturated rings. The number of hydrogen-bond acceptors (Lipinski definition) is 4. The Morgan fingerprint density at radius 1 is 1.38 bits per heavy atom. The van der Waals surface area contributed by atoms with Gasteiger partial charge in [0.25, 0.3) is 0 Å². The summed E-state index contributed by atoms with van der Waals surface area (Å²) in [6.07, 6.45) is 4.12. The van der Waals surface area contributed by atoms with Crippen molar-refractivity contribution in [2.45, 2.75) is 19.8 Å². The molecular weight excluding hydrogens is 218 g/mol. The molecule has 0 aliphatic rings. The zero-order valence-electron chi connectivity index (χ0n) is 9.31. The molecule has 4 heteroatoms. The summed E-state index contributed by atoms with van der Waals surface area (Å²) in [6, 6.07) is 4.01. The van der Waals surface area contributed by atoms with E-state index in [1.807, 2.05) is 6.07 Å². The lowest BCUT2D eigenvalue weighted by Crippen LogP contribution is -2.04. The molecule has 16 heavy (non-hydrogen) atoms. The summed E-state index contributed by atoms with van der Waals surface area (Å²) in [4.78, 5) is 8.67. The normalized spacial score (nSPS) is 10.3. The number of aromatic nitrogens is 2. The van der Waals surface area contributed by atoms with Gasteiger partial charge in [-0.2, -0.15) is 11.3 Å². The molecule has 0 aliphatic carbocycles. The Labute approximate surface area is 99.6 Å². The molecule has 0 saturated carbocycles. The van der Waals surface area contributed by atoms with Gasteiger partial charge in [0.1, 0.15) is 0 Å². The van der Waals surface area contributed by atoms with Gasteiger partial charge in [-0.1, -0.05) is 13.3 Å². The Kier molecular flexibility index (Phi) is 3.88. The number of nitrogens with zero attached hydrogens (tertiary/aromatic N) is 2. The molecule has 0 radical (unpaired) electrons. The lowest BCUT2D eigenvalue weighted by Gasteiger charge is -2.04. The van der Waals surface area contributed by atoms with Crippen LogP contribution in [0.1, 0.15) is 19.8 Å². The van der Waals surface area contributed by atoms with Crippen LogP contribution in [0, 0.1) is 0 Å². The number of hydrogen-bond donors (Lipinski definition) is 1. The molecule has 0 aliphatic heterocycles. The van der Waals surface area contributed by atoms with Gasteiger partial charge < -0.3 is 5.32 Å². The van der Waals surface area contributed by atoms with Gasteiger partial charge in [0.2, 0.25) is 5.95 Å². The third kappa shape index (κ3) is 2.79. The van der Waals surface area contributed by atoms with E-state index < -0.39 is 0 Å². The Bertz CT molecular complexity index is 426. The van der Waals surface area contributed by atoms with Crippen LogP contribution >= 0.6 is 11.3 Å². The summed E-state index contributed by atoms with van der Waals surface area (Å²) in [5.41, 5.74) is 2.14. The van der Waals surface area contributed by atoms with Crippen molar-refractivity contribution in [2.24, 2.45) is 0 Å². The first-order valence-corrected chi connectivity index (χ1v) is 6.44. The van der Waals surface area contributed by atoms with Crippen LogP contribution in [-0.2, 0) is 0 Å². The van der Waals surface area contributed by atoms with Gasteiger partial charge in [0.15, 0.2) is 0 Å². The second-order valence-corrected chi connectivity index (χ2v) is 4.34. The highest BCUT2D eigenvalue weighted by molar-refractivity contribution is 7.08. The van der Waals surface area contributed by atoms with Gasteiger partial charge in [0, 0.05) is 23.7 Å². The minimum Gasteiger partial charge on any atom is -0.354 e. The van der Waals surface area contributed by atoms with E-state index in [9.17, 15) is 0 Å². The molecule has 2 aromatic rings. The quantitative estimate of drug-likeness (QED) is 0.804. The van der Waals surface area contributed by atoms with Crippen LogP contribution in [0.3, 0.4) is 0 Å².